The number of nitrogens with zero attached hydrogens (tertiary/aromatic N) is 2. The molecule has 1 fully saturated rings. The minimum absolute atomic E-state index is 0.141. The topological polar surface area (TPSA) is 47.6 Å². The van der Waals surface area contributed by atoms with Gasteiger partial charge in [0, 0.05) is 50.1 Å². The Hall–Kier alpha value is -2.53. The first-order chi connectivity index (χ1) is 12.7. The zero-order chi connectivity index (χ0) is 18.2. The lowest BCUT2D eigenvalue weighted by Crippen LogP contribution is -2.47. The molecule has 2 aromatic rings. The summed E-state index contributed by atoms with van der Waals surface area (Å²) in [4.78, 5) is 16.9. The molecular weight excluding hydrogens is 324 g/mol. The van der Waals surface area contributed by atoms with Crippen LogP contribution in [0.2, 0.25) is 0 Å². The summed E-state index contributed by atoms with van der Waals surface area (Å²) in [5, 5.41) is 5.88. The number of amides is 2. The van der Waals surface area contributed by atoms with Crippen LogP contribution in [0.3, 0.4) is 0 Å². The van der Waals surface area contributed by atoms with Crippen LogP contribution in [0.25, 0.3) is 0 Å². The lowest BCUT2D eigenvalue weighted by atomic mass is 10.2. The number of piperazine rings is 1. The molecule has 1 atom stereocenters. The summed E-state index contributed by atoms with van der Waals surface area (Å²) in [5.41, 5.74) is 2.12. The standard InChI is InChI=1S/C21H28N4O/c1-18(22-21(26)23-19-8-4-2-5-9-19)12-13-24-14-16-25(17-15-24)20-10-6-3-7-11-20/h2-11,18H,12-17H2,1H3,(H2,22,23,26). The van der Waals surface area contributed by atoms with Crippen LogP contribution in [0, 0.1) is 0 Å². The molecule has 3 rings (SSSR count). The molecule has 1 aliphatic rings. The van der Waals surface area contributed by atoms with Gasteiger partial charge in [-0.25, -0.2) is 4.79 Å². The Labute approximate surface area is 156 Å². The van der Waals surface area contributed by atoms with Crippen LogP contribution in [0.4, 0.5) is 16.2 Å². The molecule has 0 saturated carbocycles. The summed E-state index contributed by atoms with van der Waals surface area (Å²) >= 11 is 0. The third-order valence-electron chi connectivity index (χ3n) is 4.78. The fourth-order valence-corrected chi connectivity index (χ4v) is 3.23. The Morgan fingerprint density at radius 2 is 1.58 bits per heavy atom. The lowest BCUT2D eigenvalue weighted by molar-refractivity contribution is 0.235. The first kappa shape index (κ1) is 18.3. The van der Waals surface area contributed by atoms with Crippen LogP contribution in [0.15, 0.2) is 60.7 Å². The molecule has 0 radical (unpaired) electrons. The van der Waals surface area contributed by atoms with E-state index in [0.717, 1.165) is 44.8 Å². The number of carbonyl (C=O) groups is 1. The molecule has 138 valence electrons. The highest BCUT2D eigenvalue weighted by atomic mass is 16.2. The van der Waals surface area contributed by atoms with E-state index in [9.17, 15) is 4.79 Å². The van der Waals surface area contributed by atoms with E-state index < -0.39 is 0 Å². The van der Waals surface area contributed by atoms with Gasteiger partial charge in [-0.3, -0.25) is 4.90 Å². The molecule has 2 amide bonds. The number of urea groups is 1. The average molecular weight is 352 g/mol. The van der Waals surface area contributed by atoms with Crippen LogP contribution >= 0.6 is 0 Å². The SMILES string of the molecule is CC(CCN1CCN(c2ccccc2)CC1)NC(=O)Nc1ccccc1. The summed E-state index contributed by atoms with van der Waals surface area (Å²) in [6.07, 6.45) is 0.952. The summed E-state index contributed by atoms with van der Waals surface area (Å²) in [6, 6.07) is 20.1. The molecule has 5 heteroatoms. The second-order valence-electron chi connectivity index (χ2n) is 6.82. The quantitative estimate of drug-likeness (QED) is 0.838. The Bertz CT molecular complexity index is 669. The molecule has 26 heavy (non-hydrogen) atoms. The van der Waals surface area contributed by atoms with E-state index in [0.29, 0.717) is 0 Å². The van der Waals surface area contributed by atoms with E-state index in [4.69, 9.17) is 0 Å². The second-order valence-corrected chi connectivity index (χ2v) is 6.82. The number of nitrogens with one attached hydrogen (secondary N) is 2. The summed E-state index contributed by atoms with van der Waals surface area (Å²) in [5.74, 6) is 0. The van der Waals surface area contributed by atoms with Crippen molar-refractivity contribution in [3.05, 3.63) is 60.7 Å². The monoisotopic (exact) mass is 352 g/mol. The first-order valence-corrected chi connectivity index (χ1v) is 9.35. The van der Waals surface area contributed by atoms with Gasteiger partial charge < -0.3 is 15.5 Å². The van der Waals surface area contributed by atoms with Gasteiger partial charge in [0.15, 0.2) is 0 Å². The van der Waals surface area contributed by atoms with Crippen molar-refractivity contribution in [1.29, 1.82) is 0 Å². The predicted octanol–water partition coefficient (Wildman–Crippen LogP) is 3.41. The van der Waals surface area contributed by atoms with E-state index >= 15 is 0 Å². The molecular formula is C21H28N4O. The van der Waals surface area contributed by atoms with Crippen LogP contribution in [-0.4, -0.2) is 49.7 Å². The Balaban J connectivity index is 1.35. The number of carbonyl (C=O) groups excluding carboxylic acids is 1. The number of hydrogen-bond acceptors (Lipinski definition) is 3. The van der Waals surface area contributed by atoms with E-state index in [2.05, 4.69) is 57.7 Å². The maximum atomic E-state index is 12.0. The van der Waals surface area contributed by atoms with Gasteiger partial charge in [-0.15, -0.1) is 0 Å². The molecule has 0 bridgehead atoms. The van der Waals surface area contributed by atoms with Gasteiger partial charge in [0.05, 0.1) is 0 Å². The Morgan fingerprint density at radius 3 is 2.23 bits per heavy atom. The summed E-state index contributed by atoms with van der Waals surface area (Å²) in [7, 11) is 0. The highest BCUT2D eigenvalue weighted by Gasteiger charge is 2.17. The maximum Gasteiger partial charge on any atom is 0.319 e. The van der Waals surface area contributed by atoms with E-state index in [-0.39, 0.29) is 12.1 Å². The van der Waals surface area contributed by atoms with Gasteiger partial charge >= 0.3 is 6.03 Å². The average Bonchev–Trinajstić information content (AvgIpc) is 2.68. The van der Waals surface area contributed by atoms with Crippen molar-refractivity contribution in [3.8, 4) is 0 Å². The number of hydrogen-bond donors (Lipinski definition) is 2. The van der Waals surface area contributed by atoms with Crippen molar-refractivity contribution >= 4 is 17.4 Å². The minimum atomic E-state index is -0.141. The highest BCUT2D eigenvalue weighted by molar-refractivity contribution is 5.89. The van der Waals surface area contributed by atoms with Gasteiger partial charge in [0.2, 0.25) is 0 Å². The zero-order valence-electron chi connectivity index (χ0n) is 15.4. The zero-order valence-corrected chi connectivity index (χ0v) is 15.4. The Kier molecular flexibility index (Phi) is 6.50. The largest absolute Gasteiger partial charge is 0.369 e. The minimum Gasteiger partial charge on any atom is -0.369 e. The number of para-hydroxylation sites is 2. The van der Waals surface area contributed by atoms with Crippen LogP contribution < -0.4 is 15.5 Å². The number of anilines is 2. The molecule has 5 nitrogen and oxygen atoms in total. The van der Waals surface area contributed by atoms with Gasteiger partial charge in [-0.2, -0.15) is 0 Å². The molecule has 1 heterocycles. The lowest BCUT2D eigenvalue weighted by Gasteiger charge is -2.36. The Morgan fingerprint density at radius 1 is 0.962 bits per heavy atom. The fraction of sp³-hybridized carbons (Fsp3) is 0.381. The van der Waals surface area contributed by atoms with Crippen molar-refractivity contribution in [2.24, 2.45) is 0 Å². The van der Waals surface area contributed by atoms with Gasteiger partial charge in [-0.1, -0.05) is 36.4 Å². The normalized spacial score (nSPS) is 16.1. The molecule has 2 aromatic carbocycles. The van der Waals surface area contributed by atoms with Gasteiger partial charge in [0.1, 0.15) is 0 Å². The summed E-state index contributed by atoms with van der Waals surface area (Å²) in [6.45, 7) is 7.32. The molecule has 0 spiro atoms. The van der Waals surface area contributed by atoms with E-state index in [1.807, 2.05) is 30.3 Å². The molecule has 1 aliphatic heterocycles. The third-order valence-corrected chi connectivity index (χ3v) is 4.78. The van der Waals surface area contributed by atoms with Crippen molar-refractivity contribution in [3.63, 3.8) is 0 Å². The highest BCUT2D eigenvalue weighted by Crippen LogP contribution is 2.15. The van der Waals surface area contributed by atoms with E-state index in [1.165, 1.54) is 5.69 Å². The smallest absolute Gasteiger partial charge is 0.319 e. The number of benzene rings is 2. The molecule has 0 aromatic heterocycles. The van der Waals surface area contributed by atoms with Gasteiger partial charge in [0.25, 0.3) is 0 Å². The first-order valence-electron chi connectivity index (χ1n) is 9.35. The van der Waals surface area contributed by atoms with Gasteiger partial charge in [-0.05, 0) is 37.6 Å². The van der Waals surface area contributed by atoms with Crippen LogP contribution in [-0.2, 0) is 0 Å². The van der Waals surface area contributed by atoms with Crippen LogP contribution in [0.1, 0.15) is 13.3 Å². The maximum absolute atomic E-state index is 12.0. The van der Waals surface area contributed by atoms with Crippen molar-refractivity contribution < 1.29 is 4.79 Å². The fourth-order valence-electron chi connectivity index (χ4n) is 3.23. The van der Waals surface area contributed by atoms with E-state index in [1.54, 1.807) is 0 Å². The second kappa shape index (κ2) is 9.25. The molecule has 1 saturated heterocycles. The third kappa shape index (κ3) is 5.49. The van der Waals surface area contributed by atoms with Crippen LogP contribution in [0.5, 0.6) is 0 Å². The predicted molar refractivity (Wildman–Crippen MR) is 108 cm³/mol. The molecule has 1 unspecified atom stereocenters. The number of rotatable bonds is 6. The molecule has 0 aliphatic carbocycles. The van der Waals surface area contributed by atoms with Crippen molar-refractivity contribution in [1.82, 2.24) is 10.2 Å². The van der Waals surface area contributed by atoms with Crippen molar-refractivity contribution in [2.75, 3.05) is 42.9 Å². The summed E-state index contributed by atoms with van der Waals surface area (Å²) < 4.78 is 0. The molecule has 2 N–H and O–H groups in total. The van der Waals surface area contributed by atoms with Crippen molar-refractivity contribution in [2.45, 2.75) is 19.4 Å².